The van der Waals surface area contributed by atoms with Gasteiger partial charge in [-0.2, -0.15) is 13.2 Å². The van der Waals surface area contributed by atoms with Crippen molar-refractivity contribution in [2.45, 2.75) is 6.18 Å². The van der Waals surface area contributed by atoms with E-state index in [-0.39, 0.29) is 11.4 Å². The first-order chi connectivity index (χ1) is 9.97. The van der Waals surface area contributed by atoms with E-state index in [1.807, 2.05) is 0 Å². The Morgan fingerprint density at radius 2 is 1.52 bits per heavy atom. The minimum atomic E-state index is -4.44. The van der Waals surface area contributed by atoms with E-state index in [0.717, 1.165) is 11.5 Å². The molecule has 0 bridgehead atoms. The molecule has 0 amide bonds. The number of nitrogens with zero attached hydrogens (tertiary/aromatic N) is 1. The minimum absolute atomic E-state index is 0.0424. The zero-order valence-corrected chi connectivity index (χ0v) is 10.9. The molecule has 1 aromatic heterocycles. The molecule has 21 heavy (non-hydrogen) atoms. The standard InChI is InChI=1S/C16H11F3N2/c17-16(18,19)13-7-3-2-6-11(13)12-9-10-5-1-4-8-14(10)21-15(12)20/h1-9H,(H2,20,21). The Morgan fingerprint density at radius 3 is 2.29 bits per heavy atom. The Labute approximate surface area is 119 Å². The Hall–Kier alpha value is -2.56. The lowest BCUT2D eigenvalue weighted by molar-refractivity contribution is -0.137. The van der Waals surface area contributed by atoms with Crippen LogP contribution in [0.25, 0.3) is 22.0 Å². The molecule has 0 saturated carbocycles. The normalized spacial score (nSPS) is 11.8. The van der Waals surface area contributed by atoms with Gasteiger partial charge >= 0.3 is 6.18 Å². The number of aromatic nitrogens is 1. The first-order valence-electron chi connectivity index (χ1n) is 6.28. The summed E-state index contributed by atoms with van der Waals surface area (Å²) >= 11 is 0. The first-order valence-corrected chi connectivity index (χ1v) is 6.28. The number of nitrogen functional groups attached to an aromatic ring is 1. The summed E-state index contributed by atoms with van der Waals surface area (Å²) in [6.45, 7) is 0. The van der Waals surface area contributed by atoms with Crippen molar-refractivity contribution in [2.24, 2.45) is 0 Å². The van der Waals surface area contributed by atoms with Gasteiger partial charge in [-0.15, -0.1) is 0 Å². The maximum Gasteiger partial charge on any atom is 0.417 e. The molecule has 2 aromatic carbocycles. The molecular formula is C16H11F3N2. The maximum absolute atomic E-state index is 13.1. The number of hydrogen-bond donors (Lipinski definition) is 1. The molecule has 1 heterocycles. The Balaban J connectivity index is 2.28. The van der Waals surface area contributed by atoms with E-state index in [1.54, 1.807) is 36.4 Å². The topological polar surface area (TPSA) is 38.9 Å². The summed E-state index contributed by atoms with van der Waals surface area (Å²) < 4.78 is 39.4. The number of pyridine rings is 1. The van der Waals surface area contributed by atoms with E-state index in [4.69, 9.17) is 5.73 Å². The summed E-state index contributed by atoms with van der Waals surface area (Å²) in [7, 11) is 0. The summed E-state index contributed by atoms with van der Waals surface area (Å²) in [6, 6.07) is 14.2. The summed E-state index contributed by atoms with van der Waals surface area (Å²) in [5.41, 5.74) is 6.13. The lowest BCUT2D eigenvalue weighted by atomic mass is 9.98. The van der Waals surface area contributed by atoms with Gasteiger partial charge in [-0.1, -0.05) is 36.4 Å². The van der Waals surface area contributed by atoms with Gasteiger partial charge in [0.25, 0.3) is 0 Å². The molecule has 0 saturated heterocycles. The van der Waals surface area contributed by atoms with Gasteiger partial charge in [-0.25, -0.2) is 4.98 Å². The molecule has 106 valence electrons. The predicted molar refractivity (Wildman–Crippen MR) is 76.6 cm³/mol. The van der Waals surface area contributed by atoms with Gasteiger partial charge in [-0.3, -0.25) is 0 Å². The van der Waals surface area contributed by atoms with Crippen LogP contribution in [0.5, 0.6) is 0 Å². The van der Waals surface area contributed by atoms with Gasteiger partial charge in [0, 0.05) is 10.9 Å². The van der Waals surface area contributed by atoms with Gasteiger partial charge in [0.2, 0.25) is 0 Å². The number of para-hydroxylation sites is 1. The molecule has 0 fully saturated rings. The second-order valence-corrected chi connectivity index (χ2v) is 4.66. The third kappa shape index (κ3) is 2.42. The molecule has 3 rings (SSSR count). The third-order valence-electron chi connectivity index (χ3n) is 3.28. The average molecular weight is 288 g/mol. The molecule has 0 unspecified atom stereocenters. The van der Waals surface area contributed by atoms with Crippen LogP contribution in [0.2, 0.25) is 0 Å². The van der Waals surface area contributed by atoms with Crippen LogP contribution in [0.1, 0.15) is 5.56 Å². The van der Waals surface area contributed by atoms with E-state index >= 15 is 0 Å². The highest BCUT2D eigenvalue weighted by atomic mass is 19.4. The van der Waals surface area contributed by atoms with Crippen LogP contribution >= 0.6 is 0 Å². The third-order valence-corrected chi connectivity index (χ3v) is 3.28. The van der Waals surface area contributed by atoms with Gasteiger partial charge < -0.3 is 5.73 Å². The number of benzene rings is 2. The van der Waals surface area contributed by atoms with Crippen LogP contribution < -0.4 is 5.73 Å². The van der Waals surface area contributed by atoms with Crippen molar-refractivity contribution >= 4 is 16.7 Å². The molecular weight excluding hydrogens is 277 g/mol. The van der Waals surface area contributed by atoms with Crippen molar-refractivity contribution in [3.8, 4) is 11.1 Å². The first kappa shape index (κ1) is 13.4. The summed E-state index contributed by atoms with van der Waals surface area (Å²) in [4.78, 5) is 4.19. The number of anilines is 1. The number of fused-ring (bicyclic) bond motifs is 1. The van der Waals surface area contributed by atoms with Crippen molar-refractivity contribution in [1.29, 1.82) is 0 Å². The van der Waals surface area contributed by atoms with Crippen LogP contribution in [-0.4, -0.2) is 4.98 Å². The maximum atomic E-state index is 13.1. The highest BCUT2D eigenvalue weighted by Crippen LogP contribution is 2.39. The van der Waals surface area contributed by atoms with E-state index in [1.165, 1.54) is 12.1 Å². The van der Waals surface area contributed by atoms with Crippen LogP contribution in [0, 0.1) is 0 Å². The Kier molecular flexibility index (Phi) is 3.05. The highest BCUT2D eigenvalue weighted by Gasteiger charge is 2.33. The second-order valence-electron chi connectivity index (χ2n) is 4.66. The average Bonchev–Trinajstić information content (AvgIpc) is 2.45. The van der Waals surface area contributed by atoms with Crippen LogP contribution in [-0.2, 0) is 6.18 Å². The predicted octanol–water partition coefficient (Wildman–Crippen LogP) is 4.50. The van der Waals surface area contributed by atoms with Crippen LogP contribution in [0.15, 0.2) is 54.6 Å². The van der Waals surface area contributed by atoms with E-state index in [2.05, 4.69) is 4.98 Å². The highest BCUT2D eigenvalue weighted by molar-refractivity contribution is 5.89. The number of rotatable bonds is 1. The van der Waals surface area contributed by atoms with Gasteiger partial charge in [0.1, 0.15) is 5.82 Å². The van der Waals surface area contributed by atoms with Crippen molar-refractivity contribution in [2.75, 3.05) is 5.73 Å². The van der Waals surface area contributed by atoms with Crippen molar-refractivity contribution in [3.05, 3.63) is 60.2 Å². The fourth-order valence-electron chi connectivity index (χ4n) is 2.31. The fraction of sp³-hybridized carbons (Fsp3) is 0.0625. The summed E-state index contributed by atoms with van der Waals surface area (Å²) in [5.74, 6) is 0.0883. The van der Waals surface area contributed by atoms with Gasteiger partial charge in [-0.05, 0) is 23.8 Å². The number of nitrogens with two attached hydrogens (primary N) is 1. The molecule has 5 heteroatoms. The quantitative estimate of drug-likeness (QED) is 0.716. The van der Waals surface area contributed by atoms with E-state index in [0.29, 0.717) is 11.1 Å². The lowest BCUT2D eigenvalue weighted by Crippen LogP contribution is -2.08. The Morgan fingerprint density at radius 1 is 0.857 bits per heavy atom. The fourth-order valence-corrected chi connectivity index (χ4v) is 2.31. The number of alkyl halides is 3. The number of hydrogen-bond acceptors (Lipinski definition) is 2. The monoisotopic (exact) mass is 288 g/mol. The van der Waals surface area contributed by atoms with E-state index in [9.17, 15) is 13.2 Å². The van der Waals surface area contributed by atoms with Crippen LogP contribution in [0.3, 0.4) is 0 Å². The molecule has 3 aromatic rings. The second kappa shape index (κ2) is 4.77. The van der Waals surface area contributed by atoms with Crippen molar-refractivity contribution in [3.63, 3.8) is 0 Å². The largest absolute Gasteiger partial charge is 0.417 e. The number of halogens is 3. The smallest absolute Gasteiger partial charge is 0.383 e. The van der Waals surface area contributed by atoms with E-state index < -0.39 is 11.7 Å². The summed E-state index contributed by atoms with van der Waals surface area (Å²) in [6.07, 6.45) is -4.44. The molecule has 0 radical (unpaired) electrons. The SMILES string of the molecule is Nc1nc2ccccc2cc1-c1ccccc1C(F)(F)F. The summed E-state index contributed by atoms with van der Waals surface area (Å²) in [5, 5.41) is 0.749. The molecule has 2 nitrogen and oxygen atoms in total. The molecule has 0 aliphatic rings. The zero-order valence-electron chi connectivity index (χ0n) is 10.9. The minimum Gasteiger partial charge on any atom is -0.383 e. The van der Waals surface area contributed by atoms with Gasteiger partial charge in [0.15, 0.2) is 0 Å². The molecule has 2 N–H and O–H groups in total. The molecule has 0 spiro atoms. The molecule has 0 aliphatic carbocycles. The van der Waals surface area contributed by atoms with Crippen molar-refractivity contribution < 1.29 is 13.2 Å². The van der Waals surface area contributed by atoms with Gasteiger partial charge in [0.05, 0.1) is 11.1 Å². The van der Waals surface area contributed by atoms with Crippen LogP contribution in [0.4, 0.5) is 19.0 Å². The zero-order chi connectivity index (χ0) is 15.0. The Bertz CT molecular complexity index is 810. The van der Waals surface area contributed by atoms with Crippen molar-refractivity contribution in [1.82, 2.24) is 4.98 Å². The lowest BCUT2D eigenvalue weighted by Gasteiger charge is -2.14. The molecule has 0 atom stereocenters. The molecule has 0 aliphatic heterocycles.